The van der Waals surface area contributed by atoms with Crippen LogP contribution in [0.15, 0.2) is 24.3 Å². The summed E-state index contributed by atoms with van der Waals surface area (Å²) in [6.45, 7) is 2.12. The number of hydrogen-bond acceptors (Lipinski definition) is 4. The molecular formula is C15H18FN3OS. The fraction of sp³-hybridized carbons (Fsp3) is 0.400. The number of nitrogens with one attached hydrogen (secondary N) is 1. The van der Waals surface area contributed by atoms with E-state index in [1.807, 2.05) is 0 Å². The Labute approximate surface area is 127 Å². The summed E-state index contributed by atoms with van der Waals surface area (Å²) >= 11 is 1.40. The molecule has 0 saturated heterocycles. The highest BCUT2D eigenvalue weighted by Crippen LogP contribution is 2.17. The van der Waals surface area contributed by atoms with Gasteiger partial charge in [0.25, 0.3) is 0 Å². The van der Waals surface area contributed by atoms with E-state index in [2.05, 4.69) is 22.4 Å². The molecule has 4 nitrogen and oxygen atoms in total. The van der Waals surface area contributed by atoms with Crippen LogP contribution in [-0.2, 0) is 17.6 Å². The first-order valence-electron chi connectivity index (χ1n) is 7.04. The smallest absolute Gasteiger partial charge is 0.226 e. The molecule has 1 heterocycles. The maximum atomic E-state index is 13.4. The van der Waals surface area contributed by atoms with Gasteiger partial charge in [0.1, 0.15) is 10.8 Å². The number of aromatic nitrogens is 2. The van der Waals surface area contributed by atoms with Gasteiger partial charge in [-0.2, -0.15) is 0 Å². The van der Waals surface area contributed by atoms with Gasteiger partial charge in [-0.15, -0.1) is 10.2 Å². The van der Waals surface area contributed by atoms with Gasteiger partial charge in [0.2, 0.25) is 11.0 Å². The number of anilines is 1. The first kappa shape index (κ1) is 15.6. The standard InChI is InChI=1S/C15H18FN3OS/c1-2-3-8-14-18-19-15(21-14)17-13(20)10-9-11-6-4-5-7-12(11)16/h4-7H,2-3,8-10H2,1H3,(H,17,19,20). The molecule has 0 atom stereocenters. The Balaban J connectivity index is 1.82. The van der Waals surface area contributed by atoms with Crippen LogP contribution in [0.4, 0.5) is 9.52 Å². The molecule has 2 aromatic rings. The molecule has 1 aromatic carbocycles. The molecule has 0 bridgehead atoms. The number of carbonyl (C=O) groups excluding carboxylic acids is 1. The minimum absolute atomic E-state index is 0.170. The van der Waals surface area contributed by atoms with E-state index in [-0.39, 0.29) is 18.1 Å². The van der Waals surface area contributed by atoms with E-state index >= 15 is 0 Å². The average molecular weight is 307 g/mol. The SMILES string of the molecule is CCCCc1nnc(NC(=O)CCc2ccccc2F)s1. The van der Waals surface area contributed by atoms with Crippen LogP contribution in [0, 0.1) is 5.82 Å². The van der Waals surface area contributed by atoms with Crippen molar-refractivity contribution in [2.24, 2.45) is 0 Å². The zero-order valence-electron chi connectivity index (χ0n) is 11.9. The Morgan fingerprint density at radius 3 is 2.86 bits per heavy atom. The summed E-state index contributed by atoms with van der Waals surface area (Å²) in [5.41, 5.74) is 0.550. The van der Waals surface area contributed by atoms with Crippen molar-refractivity contribution < 1.29 is 9.18 Å². The number of nitrogens with zero attached hydrogens (tertiary/aromatic N) is 2. The largest absolute Gasteiger partial charge is 0.301 e. The molecule has 0 unspecified atom stereocenters. The zero-order chi connectivity index (χ0) is 15.1. The van der Waals surface area contributed by atoms with E-state index < -0.39 is 0 Å². The topological polar surface area (TPSA) is 54.9 Å². The second-order valence-electron chi connectivity index (χ2n) is 4.74. The van der Waals surface area contributed by atoms with Crippen molar-refractivity contribution in [3.63, 3.8) is 0 Å². The maximum absolute atomic E-state index is 13.4. The molecule has 0 saturated carbocycles. The predicted octanol–water partition coefficient (Wildman–Crippen LogP) is 3.59. The van der Waals surface area contributed by atoms with Crippen molar-refractivity contribution in [2.45, 2.75) is 39.0 Å². The molecule has 0 aliphatic heterocycles. The van der Waals surface area contributed by atoms with Gasteiger partial charge >= 0.3 is 0 Å². The lowest BCUT2D eigenvalue weighted by atomic mass is 10.1. The summed E-state index contributed by atoms with van der Waals surface area (Å²) in [4.78, 5) is 11.8. The molecule has 6 heteroatoms. The molecule has 21 heavy (non-hydrogen) atoms. The van der Waals surface area contributed by atoms with Crippen LogP contribution in [0.3, 0.4) is 0 Å². The van der Waals surface area contributed by atoms with Gasteiger partial charge in [-0.25, -0.2) is 4.39 Å². The van der Waals surface area contributed by atoms with E-state index in [9.17, 15) is 9.18 Å². The minimum atomic E-state index is -0.275. The summed E-state index contributed by atoms with van der Waals surface area (Å²) < 4.78 is 13.4. The number of aryl methyl sites for hydroxylation is 2. The van der Waals surface area contributed by atoms with Crippen LogP contribution in [0.25, 0.3) is 0 Å². The maximum Gasteiger partial charge on any atom is 0.226 e. The number of halogens is 1. The van der Waals surface area contributed by atoms with E-state index in [0.29, 0.717) is 17.1 Å². The number of unbranched alkanes of at least 4 members (excludes halogenated alkanes) is 1. The number of benzene rings is 1. The Morgan fingerprint density at radius 1 is 1.29 bits per heavy atom. The van der Waals surface area contributed by atoms with Gasteiger partial charge in [0.05, 0.1) is 0 Å². The van der Waals surface area contributed by atoms with Gasteiger partial charge in [0.15, 0.2) is 0 Å². The molecule has 0 spiro atoms. The highest BCUT2D eigenvalue weighted by molar-refractivity contribution is 7.15. The van der Waals surface area contributed by atoms with Crippen LogP contribution in [0.5, 0.6) is 0 Å². The van der Waals surface area contributed by atoms with Crippen LogP contribution < -0.4 is 5.32 Å². The average Bonchev–Trinajstić information content (AvgIpc) is 2.91. The third-order valence-corrected chi connectivity index (χ3v) is 3.94. The van der Waals surface area contributed by atoms with Crippen molar-refractivity contribution >= 4 is 22.4 Å². The summed E-state index contributed by atoms with van der Waals surface area (Å²) in [5.74, 6) is -0.445. The van der Waals surface area contributed by atoms with Gasteiger partial charge in [-0.3, -0.25) is 4.79 Å². The van der Waals surface area contributed by atoms with Gasteiger partial charge < -0.3 is 5.32 Å². The lowest BCUT2D eigenvalue weighted by Crippen LogP contribution is -2.12. The van der Waals surface area contributed by atoms with Gasteiger partial charge in [-0.1, -0.05) is 42.9 Å². The zero-order valence-corrected chi connectivity index (χ0v) is 12.8. The van der Waals surface area contributed by atoms with Crippen molar-refractivity contribution in [1.82, 2.24) is 10.2 Å². The quantitative estimate of drug-likeness (QED) is 0.850. The summed E-state index contributed by atoms with van der Waals surface area (Å²) in [6, 6.07) is 6.49. The van der Waals surface area contributed by atoms with Crippen molar-refractivity contribution in [2.75, 3.05) is 5.32 Å². The predicted molar refractivity (Wildman–Crippen MR) is 81.9 cm³/mol. The first-order chi connectivity index (χ1) is 10.2. The molecular weight excluding hydrogens is 289 g/mol. The highest BCUT2D eigenvalue weighted by atomic mass is 32.1. The molecule has 0 radical (unpaired) electrons. The number of amides is 1. The van der Waals surface area contributed by atoms with E-state index in [1.54, 1.807) is 18.2 Å². The summed E-state index contributed by atoms with van der Waals surface area (Å²) in [6.07, 6.45) is 3.66. The lowest BCUT2D eigenvalue weighted by Gasteiger charge is -2.02. The molecule has 0 aliphatic rings. The van der Waals surface area contributed by atoms with Crippen molar-refractivity contribution in [3.05, 3.63) is 40.7 Å². The summed E-state index contributed by atoms with van der Waals surface area (Å²) in [7, 11) is 0. The van der Waals surface area contributed by atoms with E-state index in [1.165, 1.54) is 17.4 Å². The second-order valence-corrected chi connectivity index (χ2v) is 5.81. The molecule has 1 N–H and O–H groups in total. The van der Waals surface area contributed by atoms with E-state index in [4.69, 9.17) is 0 Å². The number of rotatable bonds is 7. The Kier molecular flexibility index (Phi) is 5.80. The molecule has 1 aromatic heterocycles. The van der Waals surface area contributed by atoms with Crippen LogP contribution in [-0.4, -0.2) is 16.1 Å². The highest BCUT2D eigenvalue weighted by Gasteiger charge is 2.09. The van der Waals surface area contributed by atoms with Crippen LogP contribution in [0.2, 0.25) is 0 Å². The summed E-state index contributed by atoms with van der Waals surface area (Å²) in [5, 5.41) is 12.1. The molecule has 1 amide bonds. The molecule has 0 fully saturated rings. The van der Waals surface area contributed by atoms with Gasteiger partial charge in [-0.05, 0) is 24.5 Å². The molecule has 112 valence electrons. The second kappa shape index (κ2) is 7.83. The molecule has 2 rings (SSSR count). The monoisotopic (exact) mass is 307 g/mol. The number of hydrogen-bond donors (Lipinski definition) is 1. The van der Waals surface area contributed by atoms with Gasteiger partial charge in [0, 0.05) is 12.8 Å². The van der Waals surface area contributed by atoms with Crippen LogP contribution in [0.1, 0.15) is 36.8 Å². The minimum Gasteiger partial charge on any atom is -0.301 e. The fourth-order valence-corrected chi connectivity index (χ4v) is 2.66. The lowest BCUT2D eigenvalue weighted by molar-refractivity contribution is -0.116. The van der Waals surface area contributed by atoms with Crippen molar-refractivity contribution in [1.29, 1.82) is 0 Å². The van der Waals surface area contributed by atoms with Crippen molar-refractivity contribution in [3.8, 4) is 0 Å². The Hall–Kier alpha value is -1.82. The van der Waals surface area contributed by atoms with E-state index in [0.717, 1.165) is 24.3 Å². The van der Waals surface area contributed by atoms with Crippen LogP contribution >= 0.6 is 11.3 Å². The third kappa shape index (κ3) is 4.90. The Bertz CT molecular complexity index is 600. The third-order valence-electron chi connectivity index (χ3n) is 3.04. The first-order valence-corrected chi connectivity index (χ1v) is 7.86. The normalized spacial score (nSPS) is 10.6. The fourth-order valence-electron chi connectivity index (χ4n) is 1.86. The molecule has 0 aliphatic carbocycles. The Morgan fingerprint density at radius 2 is 2.10 bits per heavy atom. The number of carbonyl (C=O) groups is 1.